The van der Waals surface area contributed by atoms with Crippen molar-refractivity contribution < 1.29 is 14.3 Å². The third-order valence-corrected chi connectivity index (χ3v) is 2.18. The Morgan fingerprint density at radius 1 is 1.44 bits per heavy atom. The molecule has 0 aliphatic heterocycles. The topological polar surface area (TPSA) is 49.3 Å². The number of nitrogens with one attached hydrogen (secondary N) is 1. The summed E-state index contributed by atoms with van der Waals surface area (Å²) in [6.07, 6.45) is 0. The highest BCUT2D eigenvalue weighted by Gasteiger charge is 2.21. The Morgan fingerprint density at radius 3 is 2.50 bits per heavy atom. The highest BCUT2D eigenvalue weighted by molar-refractivity contribution is 6.30. The second kappa shape index (κ2) is 5.27. The van der Waals surface area contributed by atoms with Crippen LogP contribution in [0.4, 0.5) is 4.39 Å². The molecule has 0 heterocycles. The number of carboxylic acid groups (broad SMARTS) is 1. The third kappa shape index (κ3) is 3.47. The maximum atomic E-state index is 13.1. The van der Waals surface area contributed by atoms with Crippen LogP contribution < -0.4 is 5.32 Å². The summed E-state index contributed by atoms with van der Waals surface area (Å²) in [6, 6.07) is 2.77. The van der Waals surface area contributed by atoms with Crippen molar-refractivity contribution in [2.75, 3.05) is 0 Å². The van der Waals surface area contributed by atoms with Crippen molar-refractivity contribution in [2.24, 2.45) is 0 Å². The Balaban J connectivity index is 3.05. The molecule has 3 nitrogen and oxygen atoms in total. The summed E-state index contributed by atoms with van der Waals surface area (Å²) in [5.74, 6) is -1.60. The van der Waals surface area contributed by atoms with Gasteiger partial charge in [0.25, 0.3) is 0 Å². The summed E-state index contributed by atoms with van der Waals surface area (Å²) in [5, 5.41) is 12.0. The van der Waals surface area contributed by atoms with Crippen molar-refractivity contribution in [3.63, 3.8) is 0 Å². The molecule has 1 unspecified atom stereocenters. The van der Waals surface area contributed by atoms with Gasteiger partial charge in [-0.25, -0.2) is 4.39 Å². The van der Waals surface area contributed by atoms with Crippen LogP contribution in [0.15, 0.2) is 18.2 Å². The number of rotatable bonds is 4. The molecule has 2 N–H and O–H groups in total. The monoisotopic (exact) mass is 245 g/mol. The first-order valence-corrected chi connectivity index (χ1v) is 5.23. The molecule has 0 bridgehead atoms. The van der Waals surface area contributed by atoms with Crippen LogP contribution in [0.2, 0.25) is 5.02 Å². The van der Waals surface area contributed by atoms with Gasteiger partial charge in [0.15, 0.2) is 0 Å². The molecule has 0 aromatic heterocycles. The van der Waals surface area contributed by atoms with Gasteiger partial charge < -0.3 is 5.11 Å². The smallest absolute Gasteiger partial charge is 0.325 e. The second-order valence-electron chi connectivity index (χ2n) is 3.80. The maximum Gasteiger partial charge on any atom is 0.325 e. The van der Waals surface area contributed by atoms with Crippen molar-refractivity contribution in [2.45, 2.75) is 25.9 Å². The molecule has 1 rings (SSSR count). The molecule has 1 aromatic rings. The van der Waals surface area contributed by atoms with Crippen molar-refractivity contribution in [3.05, 3.63) is 34.6 Å². The minimum Gasteiger partial charge on any atom is -0.480 e. The molecule has 0 fully saturated rings. The Morgan fingerprint density at radius 2 is 2.06 bits per heavy atom. The fourth-order valence-corrected chi connectivity index (χ4v) is 1.62. The number of carbonyl (C=O) groups is 1. The van der Waals surface area contributed by atoms with Gasteiger partial charge in [-0.15, -0.1) is 0 Å². The van der Waals surface area contributed by atoms with Gasteiger partial charge >= 0.3 is 5.97 Å². The molecular weight excluding hydrogens is 233 g/mol. The minimum absolute atomic E-state index is 0.0249. The molecule has 1 aromatic carbocycles. The number of aliphatic carboxylic acids is 1. The van der Waals surface area contributed by atoms with E-state index in [0.29, 0.717) is 5.56 Å². The lowest BCUT2D eigenvalue weighted by Crippen LogP contribution is -2.33. The predicted octanol–water partition coefficient (Wildman–Crippen LogP) is 2.60. The second-order valence-corrected chi connectivity index (χ2v) is 4.23. The van der Waals surface area contributed by atoms with Crippen LogP contribution >= 0.6 is 11.6 Å². The van der Waals surface area contributed by atoms with Gasteiger partial charge in [-0.3, -0.25) is 10.1 Å². The fraction of sp³-hybridized carbons (Fsp3) is 0.364. The molecular formula is C11H13ClFNO2. The van der Waals surface area contributed by atoms with Crippen LogP contribution in [0.25, 0.3) is 0 Å². The summed E-state index contributed by atoms with van der Waals surface area (Å²) in [6.45, 7) is 3.63. The largest absolute Gasteiger partial charge is 0.480 e. The number of hydrogen-bond acceptors (Lipinski definition) is 2. The molecule has 0 aliphatic carbocycles. The lowest BCUT2D eigenvalue weighted by molar-refractivity contribution is -0.139. The first-order chi connectivity index (χ1) is 7.40. The lowest BCUT2D eigenvalue weighted by atomic mass is 10.1. The molecule has 0 saturated heterocycles. The van der Waals surface area contributed by atoms with Crippen LogP contribution in [0.1, 0.15) is 25.5 Å². The van der Waals surface area contributed by atoms with Gasteiger partial charge in [-0.1, -0.05) is 11.6 Å². The number of benzene rings is 1. The third-order valence-electron chi connectivity index (χ3n) is 1.97. The van der Waals surface area contributed by atoms with Crippen LogP contribution in [0.5, 0.6) is 0 Å². The molecule has 0 amide bonds. The zero-order valence-electron chi connectivity index (χ0n) is 9.00. The zero-order valence-corrected chi connectivity index (χ0v) is 9.75. The fourth-order valence-electron chi connectivity index (χ4n) is 1.39. The average Bonchev–Trinajstić information content (AvgIpc) is 2.11. The summed E-state index contributed by atoms with van der Waals surface area (Å²) in [4.78, 5) is 11.0. The molecule has 0 saturated carbocycles. The summed E-state index contributed by atoms with van der Waals surface area (Å²) >= 11 is 5.67. The Labute approximate surface area is 98.2 Å². The standard InChI is InChI=1S/C11H13ClFNO2/c1-6(2)14-10(11(15)16)7-3-8(12)5-9(13)4-7/h3-6,10,14H,1-2H3,(H,15,16). The van der Waals surface area contributed by atoms with Crippen LogP contribution in [0, 0.1) is 5.82 Å². The maximum absolute atomic E-state index is 13.1. The normalized spacial score (nSPS) is 12.8. The lowest BCUT2D eigenvalue weighted by Gasteiger charge is -2.17. The van der Waals surface area contributed by atoms with E-state index in [4.69, 9.17) is 16.7 Å². The summed E-state index contributed by atoms with van der Waals surface area (Å²) in [5.41, 5.74) is 0.311. The van der Waals surface area contributed by atoms with E-state index in [0.717, 1.165) is 6.07 Å². The van der Waals surface area contributed by atoms with E-state index in [1.165, 1.54) is 12.1 Å². The highest BCUT2D eigenvalue weighted by atomic mass is 35.5. The minimum atomic E-state index is -1.06. The molecule has 0 spiro atoms. The molecule has 88 valence electrons. The molecule has 16 heavy (non-hydrogen) atoms. The summed E-state index contributed by atoms with van der Waals surface area (Å²) in [7, 11) is 0. The number of halogens is 2. The number of hydrogen-bond donors (Lipinski definition) is 2. The van der Waals surface area contributed by atoms with E-state index < -0.39 is 17.8 Å². The van der Waals surface area contributed by atoms with Gasteiger partial charge in [0.1, 0.15) is 11.9 Å². The number of carboxylic acids is 1. The van der Waals surface area contributed by atoms with Gasteiger partial charge in [0.2, 0.25) is 0 Å². The van der Waals surface area contributed by atoms with E-state index in [2.05, 4.69) is 5.32 Å². The Hall–Kier alpha value is -1.13. The molecule has 5 heteroatoms. The predicted molar refractivity (Wildman–Crippen MR) is 60.1 cm³/mol. The van der Waals surface area contributed by atoms with Crippen molar-refractivity contribution in [1.82, 2.24) is 5.32 Å². The van der Waals surface area contributed by atoms with E-state index >= 15 is 0 Å². The van der Waals surface area contributed by atoms with Crippen LogP contribution in [-0.2, 0) is 4.79 Å². The highest BCUT2D eigenvalue weighted by Crippen LogP contribution is 2.20. The average molecular weight is 246 g/mol. The van der Waals surface area contributed by atoms with Crippen LogP contribution in [0.3, 0.4) is 0 Å². The molecule has 0 aliphatic rings. The van der Waals surface area contributed by atoms with E-state index in [1.807, 2.05) is 13.8 Å². The van der Waals surface area contributed by atoms with Gasteiger partial charge in [0.05, 0.1) is 0 Å². The first kappa shape index (κ1) is 12.9. The molecule has 1 atom stereocenters. The van der Waals surface area contributed by atoms with E-state index in [9.17, 15) is 9.18 Å². The first-order valence-electron chi connectivity index (χ1n) is 4.85. The van der Waals surface area contributed by atoms with Gasteiger partial charge in [-0.05, 0) is 37.6 Å². The van der Waals surface area contributed by atoms with Gasteiger partial charge in [0, 0.05) is 11.1 Å². The SMILES string of the molecule is CC(C)NC(C(=O)O)c1cc(F)cc(Cl)c1. The van der Waals surface area contributed by atoms with Crippen molar-refractivity contribution in [1.29, 1.82) is 0 Å². The van der Waals surface area contributed by atoms with Gasteiger partial charge in [-0.2, -0.15) is 0 Å². The van der Waals surface area contributed by atoms with Crippen LogP contribution in [-0.4, -0.2) is 17.1 Å². The molecule has 0 radical (unpaired) electrons. The Kier molecular flexibility index (Phi) is 4.26. The Bertz CT molecular complexity index is 375. The van der Waals surface area contributed by atoms with E-state index in [-0.39, 0.29) is 11.1 Å². The quantitative estimate of drug-likeness (QED) is 0.857. The summed E-state index contributed by atoms with van der Waals surface area (Å²) < 4.78 is 13.1. The zero-order chi connectivity index (χ0) is 12.3. The van der Waals surface area contributed by atoms with Crippen molar-refractivity contribution >= 4 is 17.6 Å². The van der Waals surface area contributed by atoms with E-state index in [1.54, 1.807) is 0 Å². The van der Waals surface area contributed by atoms with Crippen molar-refractivity contribution in [3.8, 4) is 0 Å².